The van der Waals surface area contributed by atoms with Gasteiger partial charge >= 0.3 is 0 Å². The second-order valence-electron chi connectivity index (χ2n) is 8.65. The molecule has 1 saturated heterocycles. The van der Waals surface area contributed by atoms with E-state index >= 15 is 0 Å². The third-order valence-corrected chi connectivity index (χ3v) is 5.79. The summed E-state index contributed by atoms with van der Waals surface area (Å²) in [6.07, 6.45) is 5.37. The van der Waals surface area contributed by atoms with Crippen molar-refractivity contribution in [3.05, 3.63) is 0 Å². The summed E-state index contributed by atoms with van der Waals surface area (Å²) in [5.74, 6) is 1.42. The van der Waals surface area contributed by atoms with Crippen molar-refractivity contribution in [1.82, 2.24) is 15.5 Å². The lowest BCUT2D eigenvalue weighted by atomic mass is 9.46. The molecular weight excluding hydrogens is 431 g/mol. The summed E-state index contributed by atoms with van der Waals surface area (Å²) in [5.41, 5.74) is 0.0961. The number of nitrogens with zero attached hydrogens (tertiary/aromatic N) is 2. The van der Waals surface area contributed by atoms with E-state index < -0.39 is 0 Å². The minimum Gasteiger partial charge on any atom is -0.377 e. The molecule has 3 rings (SSSR count). The molecule has 0 bridgehead atoms. The molecule has 6 nitrogen and oxygen atoms in total. The Kier molecular flexibility index (Phi) is 6.29. The van der Waals surface area contributed by atoms with E-state index in [2.05, 4.69) is 15.6 Å². The highest BCUT2D eigenvalue weighted by atomic mass is 127. The molecule has 0 aromatic carbocycles. The summed E-state index contributed by atoms with van der Waals surface area (Å²) in [6.45, 7) is 7.17. The number of carbonyl (C=O) groups excluding carboxylic acids is 1. The molecule has 1 aliphatic heterocycles. The van der Waals surface area contributed by atoms with Crippen LogP contribution >= 0.6 is 24.0 Å². The van der Waals surface area contributed by atoms with E-state index in [-0.39, 0.29) is 35.4 Å². The van der Waals surface area contributed by atoms with Gasteiger partial charge in [0.15, 0.2) is 5.96 Å². The zero-order chi connectivity index (χ0) is 17.5. The lowest BCUT2D eigenvalue weighted by Crippen LogP contribution is -2.72. The van der Waals surface area contributed by atoms with Crippen molar-refractivity contribution in [2.45, 2.75) is 64.1 Å². The molecule has 3 unspecified atom stereocenters. The van der Waals surface area contributed by atoms with Crippen LogP contribution in [0.3, 0.4) is 0 Å². The van der Waals surface area contributed by atoms with E-state index in [4.69, 9.17) is 4.74 Å². The number of hydrogen-bond acceptors (Lipinski definition) is 3. The summed E-state index contributed by atoms with van der Waals surface area (Å²) in [5, 5.41) is 6.65. The first-order valence-corrected chi connectivity index (χ1v) is 9.14. The molecule has 1 spiro atoms. The van der Waals surface area contributed by atoms with Crippen LogP contribution in [0.1, 0.15) is 46.5 Å². The Balaban J connectivity index is 0.00000225. The molecule has 25 heavy (non-hydrogen) atoms. The zero-order valence-electron chi connectivity index (χ0n) is 16.1. The van der Waals surface area contributed by atoms with Crippen molar-refractivity contribution in [2.75, 3.05) is 27.2 Å². The first kappa shape index (κ1) is 20.7. The number of guanidine groups is 1. The number of ether oxygens (including phenoxy) is 1. The number of rotatable bonds is 3. The van der Waals surface area contributed by atoms with Crippen molar-refractivity contribution in [3.8, 4) is 0 Å². The number of hydrogen-bond donors (Lipinski definition) is 2. The van der Waals surface area contributed by atoms with Crippen LogP contribution in [0.4, 0.5) is 0 Å². The Morgan fingerprint density at radius 3 is 2.56 bits per heavy atom. The van der Waals surface area contributed by atoms with Gasteiger partial charge in [-0.15, -0.1) is 24.0 Å². The summed E-state index contributed by atoms with van der Waals surface area (Å²) >= 11 is 0. The molecule has 1 heterocycles. The van der Waals surface area contributed by atoms with Gasteiger partial charge in [-0.2, -0.15) is 0 Å². The number of amides is 1. The number of carbonyl (C=O) groups is 1. The lowest BCUT2D eigenvalue weighted by molar-refractivity contribution is -0.171. The van der Waals surface area contributed by atoms with Gasteiger partial charge in [0, 0.05) is 43.6 Å². The van der Waals surface area contributed by atoms with Gasteiger partial charge in [-0.05, 0) is 40.0 Å². The van der Waals surface area contributed by atoms with Crippen LogP contribution in [-0.4, -0.2) is 61.7 Å². The van der Waals surface area contributed by atoms with Gasteiger partial charge in [-0.3, -0.25) is 9.79 Å². The van der Waals surface area contributed by atoms with E-state index in [9.17, 15) is 4.79 Å². The highest BCUT2D eigenvalue weighted by Crippen LogP contribution is 2.62. The van der Waals surface area contributed by atoms with Crippen LogP contribution in [0.5, 0.6) is 0 Å². The number of fused-ring (bicyclic) bond motifs is 2. The molecule has 0 aromatic rings. The fourth-order valence-corrected chi connectivity index (χ4v) is 4.69. The largest absolute Gasteiger partial charge is 0.377 e. The minimum absolute atomic E-state index is 0. The highest BCUT2D eigenvalue weighted by molar-refractivity contribution is 14.0. The molecule has 0 aromatic heterocycles. The number of aliphatic imine (C=N–C) groups is 1. The third-order valence-electron chi connectivity index (χ3n) is 5.79. The normalized spacial score (nSPS) is 29.8. The van der Waals surface area contributed by atoms with E-state index in [0.29, 0.717) is 30.0 Å². The van der Waals surface area contributed by atoms with Crippen molar-refractivity contribution in [3.63, 3.8) is 0 Å². The number of likely N-dealkylation sites (N-methyl/N-ethyl adjacent to an activating group) is 1. The van der Waals surface area contributed by atoms with Crippen molar-refractivity contribution < 1.29 is 9.53 Å². The predicted molar refractivity (Wildman–Crippen MR) is 110 cm³/mol. The SMILES string of the molecule is CN=C(NC1C2CCOC2C12CCC2)N(C)CC(=O)NC(C)(C)C.I. The Morgan fingerprint density at radius 2 is 2.04 bits per heavy atom. The van der Waals surface area contributed by atoms with E-state index in [1.165, 1.54) is 19.3 Å². The first-order valence-electron chi connectivity index (χ1n) is 9.14. The molecule has 2 N–H and O–H groups in total. The summed E-state index contributed by atoms with van der Waals surface area (Å²) in [6, 6.07) is 0.436. The average molecular weight is 464 g/mol. The molecule has 3 aliphatic rings. The average Bonchev–Trinajstić information content (AvgIpc) is 2.80. The smallest absolute Gasteiger partial charge is 0.240 e. The number of halogens is 1. The molecule has 1 amide bonds. The maximum Gasteiger partial charge on any atom is 0.240 e. The molecule has 2 aliphatic carbocycles. The summed E-state index contributed by atoms with van der Waals surface area (Å²) in [4.78, 5) is 18.5. The van der Waals surface area contributed by atoms with Gasteiger partial charge in [0.2, 0.25) is 5.91 Å². The molecule has 3 fully saturated rings. The van der Waals surface area contributed by atoms with Crippen molar-refractivity contribution in [1.29, 1.82) is 0 Å². The summed E-state index contributed by atoms with van der Waals surface area (Å²) in [7, 11) is 3.71. The van der Waals surface area contributed by atoms with Gasteiger partial charge in [0.05, 0.1) is 12.6 Å². The molecule has 2 saturated carbocycles. The van der Waals surface area contributed by atoms with Gasteiger partial charge in [0.1, 0.15) is 0 Å². The monoisotopic (exact) mass is 464 g/mol. The van der Waals surface area contributed by atoms with Crippen molar-refractivity contribution >= 4 is 35.8 Å². The second kappa shape index (κ2) is 7.58. The third kappa shape index (κ3) is 3.91. The van der Waals surface area contributed by atoms with E-state index in [1.54, 1.807) is 7.05 Å². The lowest BCUT2D eigenvalue weighted by Gasteiger charge is -2.63. The zero-order valence-corrected chi connectivity index (χ0v) is 18.4. The molecule has 7 heteroatoms. The maximum absolute atomic E-state index is 12.2. The Bertz CT molecular complexity index is 528. The highest BCUT2D eigenvalue weighted by Gasteiger charge is 2.66. The Morgan fingerprint density at radius 1 is 1.36 bits per heavy atom. The van der Waals surface area contributed by atoms with Crippen LogP contribution in [0.25, 0.3) is 0 Å². The Labute approximate surface area is 168 Å². The minimum atomic E-state index is -0.215. The number of nitrogens with one attached hydrogen (secondary N) is 2. The predicted octanol–water partition coefficient (Wildman–Crippen LogP) is 1.98. The van der Waals surface area contributed by atoms with Crippen LogP contribution in [-0.2, 0) is 9.53 Å². The van der Waals surface area contributed by atoms with Crippen molar-refractivity contribution in [2.24, 2.45) is 16.3 Å². The van der Waals surface area contributed by atoms with E-state index in [1.807, 2.05) is 32.7 Å². The van der Waals surface area contributed by atoms with Crippen LogP contribution in [0, 0.1) is 11.3 Å². The fourth-order valence-electron chi connectivity index (χ4n) is 4.69. The topological polar surface area (TPSA) is 66.0 Å². The van der Waals surface area contributed by atoms with Crippen LogP contribution in [0.2, 0.25) is 0 Å². The second-order valence-corrected chi connectivity index (χ2v) is 8.65. The van der Waals surface area contributed by atoms with Gasteiger partial charge < -0.3 is 20.3 Å². The Hall–Kier alpha value is -0.570. The molecule has 3 atom stereocenters. The quantitative estimate of drug-likeness (QED) is 0.381. The van der Waals surface area contributed by atoms with Gasteiger partial charge in [-0.25, -0.2) is 0 Å². The van der Waals surface area contributed by atoms with Crippen LogP contribution < -0.4 is 10.6 Å². The maximum atomic E-state index is 12.2. The van der Waals surface area contributed by atoms with Crippen LogP contribution in [0.15, 0.2) is 4.99 Å². The van der Waals surface area contributed by atoms with Gasteiger partial charge in [-0.1, -0.05) is 6.42 Å². The van der Waals surface area contributed by atoms with E-state index in [0.717, 1.165) is 19.0 Å². The summed E-state index contributed by atoms with van der Waals surface area (Å²) < 4.78 is 5.98. The molecule has 144 valence electrons. The first-order chi connectivity index (χ1) is 11.3. The molecule has 0 radical (unpaired) electrons. The fraction of sp³-hybridized carbons (Fsp3) is 0.889. The van der Waals surface area contributed by atoms with Gasteiger partial charge in [0.25, 0.3) is 0 Å². The molecular formula is C18H33IN4O2. The standard InChI is InChI=1S/C18H32N4O2.HI/c1-17(2,3)21-13(23)11-22(5)16(19-4)20-14-12-7-10-24-15(12)18(14)8-6-9-18;/h12,14-15H,6-11H2,1-5H3,(H,19,20)(H,21,23);1H.